The summed E-state index contributed by atoms with van der Waals surface area (Å²) in [6, 6.07) is 19.2. The second-order valence-corrected chi connectivity index (χ2v) is 10.8. The number of hydrogen-bond acceptors (Lipinski definition) is 6. The van der Waals surface area contributed by atoms with E-state index in [0.717, 1.165) is 27.6 Å². The maximum absolute atomic E-state index is 12.4. The molecule has 204 valence electrons. The molecule has 0 unspecified atom stereocenters. The summed E-state index contributed by atoms with van der Waals surface area (Å²) in [5.74, 6) is -0.511. The molecule has 4 aromatic rings. The fourth-order valence-electron chi connectivity index (χ4n) is 4.09. The van der Waals surface area contributed by atoms with Crippen molar-refractivity contribution in [1.29, 1.82) is 5.26 Å². The highest BCUT2D eigenvalue weighted by Gasteiger charge is 2.23. The molecule has 2 aromatic heterocycles. The highest BCUT2D eigenvalue weighted by atomic mass is 16.5. The Hall–Kier alpha value is -4.74. The van der Waals surface area contributed by atoms with E-state index in [2.05, 4.69) is 11.4 Å². The molecule has 2 heterocycles. The summed E-state index contributed by atoms with van der Waals surface area (Å²) in [6.45, 7) is 6.11. The van der Waals surface area contributed by atoms with Gasteiger partial charge in [0, 0.05) is 47.2 Å². The summed E-state index contributed by atoms with van der Waals surface area (Å²) in [4.78, 5) is 31.5. The van der Waals surface area contributed by atoms with E-state index in [0.29, 0.717) is 23.4 Å². The first-order valence-corrected chi connectivity index (χ1v) is 12.9. The van der Waals surface area contributed by atoms with Crippen LogP contribution in [0.1, 0.15) is 26.3 Å². The summed E-state index contributed by atoms with van der Waals surface area (Å²) in [7, 11) is 3.88. The maximum Gasteiger partial charge on any atom is 0.312 e. The zero-order valence-electron chi connectivity index (χ0n) is 23.4. The van der Waals surface area contributed by atoms with Crippen molar-refractivity contribution in [3.63, 3.8) is 0 Å². The summed E-state index contributed by atoms with van der Waals surface area (Å²) >= 11 is 0. The van der Waals surface area contributed by atoms with Crippen molar-refractivity contribution in [2.75, 3.05) is 26.0 Å². The Labute approximate surface area is 234 Å². The van der Waals surface area contributed by atoms with Crippen LogP contribution in [-0.2, 0) is 21.1 Å². The first-order chi connectivity index (χ1) is 19.0. The molecule has 40 heavy (non-hydrogen) atoms. The van der Waals surface area contributed by atoms with Crippen LogP contribution in [0.2, 0.25) is 0 Å². The van der Waals surface area contributed by atoms with E-state index in [9.17, 15) is 14.9 Å². The average molecular weight is 536 g/mol. The second kappa shape index (κ2) is 12.0. The van der Waals surface area contributed by atoms with Gasteiger partial charge in [0.1, 0.15) is 5.65 Å². The molecule has 0 radical (unpaired) electrons. The van der Waals surface area contributed by atoms with Crippen molar-refractivity contribution in [2.45, 2.75) is 27.5 Å². The number of esters is 1. The monoisotopic (exact) mass is 535 g/mol. The molecule has 0 saturated heterocycles. The van der Waals surface area contributed by atoms with Gasteiger partial charge in [-0.25, -0.2) is 4.98 Å². The number of rotatable bonds is 8. The van der Waals surface area contributed by atoms with Gasteiger partial charge in [-0.3, -0.25) is 14.2 Å². The lowest BCUT2D eigenvalue weighted by atomic mass is 9.98. The summed E-state index contributed by atoms with van der Waals surface area (Å²) in [5, 5.41) is 13.2. The van der Waals surface area contributed by atoms with Crippen LogP contribution in [0.4, 0.5) is 5.69 Å². The number of ether oxygens (including phenoxy) is 1. The molecule has 2 aromatic carbocycles. The molecule has 1 amide bonds. The number of pyridine rings is 1. The number of carbonyl (C=O) groups is 2. The predicted octanol–water partition coefficient (Wildman–Crippen LogP) is 5.85. The minimum Gasteiger partial charge on any atom is -0.443 e. The Bertz CT molecular complexity index is 1620. The minimum absolute atomic E-state index is 0.0136. The van der Waals surface area contributed by atoms with Gasteiger partial charge < -0.3 is 15.0 Å². The zero-order valence-corrected chi connectivity index (χ0v) is 23.4. The average Bonchev–Trinajstić information content (AvgIpc) is 3.29. The predicted molar refractivity (Wildman–Crippen MR) is 157 cm³/mol. The van der Waals surface area contributed by atoms with Crippen LogP contribution in [0, 0.1) is 16.7 Å². The summed E-state index contributed by atoms with van der Waals surface area (Å²) < 4.78 is 7.39. The van der Waals surface area contributed by atoms with Gasteiger partial charge in [0.2, 0.25) is 5.91 Å². The molecular weight excluding hydrogens is 502 g/mol. The Morgan fingerprint density at radius 2 is 1.82 bits per heavy atom. The lowest BCUT2D eigenvalue weighted by Gasteiger charge is -2.17. The Morgan fingerprint density at radius 1 is 1.07 bits per heavy atom. The van der Waals surface area contributed by atoms with Gasteiger partial charge in [-0.2, -0.15) is 5.26 Å². The van der Waals surface area contributed by atoms with E-state index in [1.807, 2.05) is 101 Å². The van der Waals surface area contributed by atoms with Gasteiger partial charge in [-0.1, -0.05) is 30.3 Å². The van der Waals surface area contributed by atoms with Gasteiger partial charge >= 0.3 is 5.97 Å². The summed E-state index contributed by atoms with van der Waals surface area (Å²) in [5.41, 5.74) is 4.70. The number of aromatic nitrogens is 2. The lowest BCUT2D eigenvalue weighted by Crippen LogP contribution is -2.23. The molecule has 8 heteroatoms. The third-order valence-corrected chi connectivity index (χ3v) is 6.17. The molecule has 8 nitrogen and oxygen atoms in total. The van der Waals surface area contributed by atoms with Crippen LogP contribution in [-0.4, -0.2) is 47.0 Å². The lowest BCUT2D eigenvalue weighted by molar-refractivity contribution is -0.156. The van der Waals surface area contributed by atoms with Gasteiger partial charge in [0.15, 0.2) is 6.73 Å². The molecule has 0 aliphatic carbocycles. The number of hydrogen-bond donors (Lipinski definition) is 1. The molecule has 0 aliphatic rings. The topological polar surface area (TPSA) is 100 Å². The number of fused-ring (bicyclic) bond motifs is 1. The molecule has 0 spiro atoms. The largest absolute Gasteiger partial charge is 0.443 e. The first-order valence-electron chi connectivity index (χ1n) is 12.9. The fourth-order valence-corrected chi connectivity index (χ4v) is 4.09. The number of nitrogens with zero attached hydrogens (tertiary/aromatic N) is 4. The number of carbonyl (C=O) groups excluding carboxylic acids is 2. The highest BCUT2D eigenvalue weighted by Crippen LogP contribution is 2.34. The molecule has 4 rings (SSSR count). The van der Waals surface area contributed by atoms with Crippen molar-refractivity contribution < 1.29 is 14.3 Å². The van der Waals surface area contributed by atoms with E-state index in [1.165, 1.54) is 6.08 Å². The Kier molecular flexibility index (Phi) is 8.46. The van der Waals surface area contributed by atoms with Crippen molar-refractivity contribution in [3.8, 4) is 28.3 Å². The molecule has 1 N–H and O–H groups in total. The van der Waals surface area contributed by atoms with Crippen molar-refractivity contribution in [3.05, 3.63) is 84.7 Å². The number of benzene rings is 2. The van der Waals surface area contributed by atoms with E-state index >= 15 is 0 Å². The van der Waals surface area contributed by atoms with E-state index < -0.39 is 5.41 Å². The van der Waals surface area contributed by atoms with Crippen LogP contribution < -0.4 is 5.32 Å². The maximum atomic E-state index is 12.4. The van der Waals surface area contributed by atoms with Gasteiger partial charge in [0.25, 0.3) is 0 Å². The third-order valence-electron chi connectivity index (χ3n) is 6.17. The van der Waals surface area contributed by atoms with E-state index in [4.69, 9.17) is 9.72 Å². The van der Waals surface area contributed by atoms with Crippen molar-refractivity contribution in [2.24, 2.45) is 5.41 Å². The number of amides is 1. The molecule has 0 saturated carbocycles. The first kappa shape index (κ1) is 28.3. The molecular formula is C32H33N5O3. The smallest absolute Gasteiger partial charge is 0.312 e. The van der Waals surface area contributed by atoms with Crippen molar-refractivity contribution >= 4 is 28.6 Å². The summed E-state index contributed by atoms with van der Waals surface area (Å²) in [6.07, 6.45) is 6.99. The Morgan fingerprint density at radius 3 is 2.55 bits per heavy atom. The standard InChI is InChI=1S/C32H33N5O3/c1-32(2,3)31(39)40-21-37-20-28(24-11-6-9-22(15-24)18-33)27-17-25(19-34-30(27)37)23-10-7-12-26(16-23)35-29(38)13-8-14-36(4)5/h6-13,15-17,19-20H,14,21H2,1-5H3,(H,35,38)/b13-8+. The molecule has 0 fully saturated rings. The SMILES string of the molecule is CN(C)C/C=C/C(=O)Nc1cccc(-c2cnc3c(c2)c(-c2cccc(C#N)c2)cn3COC(=O)C(C)(C)C)c1. The van der Waals surface area contributed by atoms with Crippen LogP contribution in [0.5, 0.6) is 0 Å². The number of nitriles is 1. The second-order valence-electron chi connectivity index (χ2n) is 10.8. The van der Waals surface area contributed by atoms with Gasteiger partial charge in [0.05, 0.1) is 17.0 Å². The fraction of sp³-hybridized carbons (Fsp3) is 0.250. The van der Waals surface area contributed by atoms with Crippen LogP contribution >= 0.6 is 0 Å². The van der Waals surface area contributed by atoms with Gasteiger partial charge in [-0.15, -0.1) is 0 Å². The minimum atomic E-state index is -0.629. The molecule has 0 bridgehead atoms. The van der Waals surface area contributed by atoms with E-state index in [1.54, 1.807) is 16.8 Å². The zero-order chi connectivity index (χ0) is 28.9. The van der Waals surface area contributed by atoms with Gasteiger partial charge in [-0.05, 0) is 76.3 Å². The normalized spacial score (nSPS) is 11.6. The van der Waals surface area contributed by atoms with E-state index in [-0.39, 0.29) is 18.6 Å². The number of nitrogens with one attached hydrogen (secondary N) is 1. The van der Waals surface area contributed by atoms with Crippen LogP contribution in [0.3, 0.4) is 0 Å². The third kappa shape index (κ3) is 6.82. The molecule has 0 aliphatic heterocycles. The number of likely N-dealkylation sites (N-methyl/N-ethyl adjacent to an activating group) is 1. The Balaban J connectivity index is 1.71. The number of anilines is 1. The van der Waals surface area contributed by atoms with Crippen LogP contribution in [0.15, 0.2) is 79.1 Å². The van der Waals surface area contributed by atoms with Crippen molar-refractivity contribution in [1.82, 2.24) is 14.5 Å². The molecule has 0 atom stereocenters. The highest BCUT2D eigenvalue weighted by molar-refractivity contribution is 6.00. The van der Waals surface area contributed by atoms with Crippen LogP contribution in [0.25, 0.3) is 33.3 Å². The quantitative estimate of drug-likeness (QED) is 0.225.